The van der Waals surface area contributed by atoms with Crippen molar-refractivity contribution in [2.75, 3.05) is 6.54 Å². The minimum absolute atomic E-state index is 0.206. The molecule has 2 aliphatic carbocycles. The summed E-state index contributed by atoms with van der Waals surface area (Å²) < 4.78 is 2.11. The van der Waals surface area contributed by atoms with Gasteiger partial charge in [0.05, 0.1) is 24.5 Å². The van der Waals surface area contributed by atoms with Gasteiger partial charge in [-0.05, 0) is 38.2 Å². The van der Waals surface area contributed by atoms with Gasteiger partial charge in [0.25, 0.3) is 0 Å². The highest BCUT2D eigenvalue weighted by atomic mass is 16.2. The number of fused-ring (bicyclic) bond motifs is 1. The molecular weight excluding hydrogens is 250 g/mol. The monoisotopic (exact) mass is 271 g/mol. The van der Waals surface area contributed by atoms with E-state index in [1.807, 2.05) is 4.90 Å². The van der Waals surface area contributed by atoms with Crippen LogP contribution in [0.5, 0.6) is 0 Å². The molecule has 4 rings (SSSR count). The number of hydrogen-bond acceptors (Lipinski definition) is 2. The van der Waals surface area contributed by atoms with Crippen molar-refractivity contribution in [2.24, 2.45) is 5.92 Å². The van der Waals surface area contributed by atoms with Gasteiger partial charge < -0.3 is 4.90 Å². The zero-order chi connectivity index (χ0) is 13.5. The van der Waals surface area contributed by atoms with E-state index in [9.17, 15) is 4.79 Å². The lowest BCUT2D eigenvalue weighted by Gasteiger charge is -2.31. The highest BCUT2D eigenvalue weighted by molar-refractivity contribution is 5.79. The first-order chi connectivity index (χ1) is 9.81. The minimum Gasteiger partial charge on any atom is -0.335 e. The largest absolute Gasteiger partial charge is 0.335 e. The van der Waals surface area contributed by atoms with E-state index in [0.717, 1.165) is 38.9 Å². The molecule has 4 nitrogen and oxygen atoms in total. The number of allylic oxidation sites excluding steroid dienone is 2. The smallest absolute Gasteiger partial charge is 0.226 e. The van der Waals surface area contributed by atoms with Crippen molar-refractivity contribution < 1.29 is 4.79 Å². The zero-order valence-electron chi connectivity index (χ0n) is 11.8. The Kier molecular flexibility index (Phi) is 2.90. The van der Waals surface area contributed by atoms with Crippen LogP contribution < -0.4 is 0 Å². The summed E-state index contributed by atoms with van der Waals surface area (Å²) in [5, 5.41) is 4.69. The molecule has 0 radical (unpaired) electrons. The van der Waals surface area contributed by atoms with Gasteiger partial charge in [0.15, 0.2) is 0 Å². The van der Waals surface area contributed by atoms with E-state index < -0.39 is 0 Å². The lowest BCUT2D eigenvalue weighted by molar-refractivity contribution is -0.137. The van der Waals surface area contributed by atoms with Gasteiger partial charge in [0, 0.05) is 18.4 Å². The van der Waals surface area contributed by atoms with Crippen molar-refractivity contribution in [1.29, 1.82) is 0 Å². The summed E-state index contributed by atoms with van der Waals surface area (Å²) in [6.07, 6.45) is 9.90. The quantitative estimate of drug-likeness (QED) is 0.775. The van der Waals surface area contributed by atoms with E-state index in [2.05, 4.69) is 28.0 Å². The molecule has 2 heterocycles. The van der Waals surface area contributed by atoms with Gasteiger partial charge >= 0.3 is 0 Å². The summed E-state index contributed by atoms with van der Waals surface area (Å²) >= 11 is 0. The highest BCUT2D eigenvalue weighted by Crippen LogP contribution is 2.39. The van der Waals surface area contributed by atoms with Gasteiger partial charge in [-0.15, -0.1) is 0 Å². The molecular formula is C16H21N3O. The Morgan fingerprint density at radius 1 is 1.20 bits per heavy atom. The second-order valence-corrected chi connectivity index (χ2v) is 6.30. The molecule has 0 N–H and O–H groups in total. The standard InChI is InChI=1S/C16H21N3O/c20-16(13-4-2-1-3-5-13)18-8-9-19-14(11-18)10-15(17-19)12-6-7-12/h1-2,10,12-13H,3-9,11H2/t13-/m0/s1. The van der Waals surface area contributed by atoms with Gasteiger partial charge in [-0.3, -0.25) is 9.48 Å². The summed E-state index contributed by atoms with van der Waals surface area (Å²) in [5.41, 5.74) is 2.47. The van der Waals surface area contributed by atoms with Crippen molar-refractivity contribution in [3.63, 3.8) is 0 Å². The normalized spacial score (nSPS) is 25.6. The molecule has 1 fully saturated rings. The fraction of sp³-hybridized carbons (Fsp3) is 0.625. The van der Waals surface area contributed by atoms with Crippen molar-refractivity contribution in [2.45, 2.75) is 51.1 Å². The molecule has 0 spiro atoms. The van der Waals surface area contributed by atoms with E-state index in [-0.39, 0.29) is 5.92 Å². The number of hydrogen-bond donors (Lipinski definition) is 0. The molecule has 0 aromatic carbocycles. The SMILES string of the molecule is O=C([C@H]1CC=CCC1)N1CCn2nc(C3CC3)cc2C1. The first-order valence-corrected chi connectivity index (χ1v) is 7.81. The van der Waals surface area contributed by atoms with E-state index in [1.54, 1.807) is 0 Å². The Morgan fingerprint density at radius 2 is 2.10 bits per heavy atom. The third kappa shape index (κ3) is 2.17. The minimum atomic E-state index is 0.206. The van der Waals surface area contributed by atoms with E-state index in [4.69, 9.17) is 0 Å². The fourth-order valence-electron chi connectivity index (χ4n) is 3.33. The molecule has 1 atom stereocenters. The summed E-state index contributed by atoms with van der Waals surface area (Å²) in [6, 6.07) is 2.22. The summed E-state index contributed by atoms with van der Waals surface area (Å²) in [5.74, 6) is 1.24. The molecule has 106 valence electrons. The molecule has 1 aromatic rings. The predicted octanol–water partition coefficient (Wildman–Crippen LogP) is 2.46. The molecule has 4 heteroatoms. The van der Waals surface area contributed by atoms with Crippen LogP contribution in [-0.4, -0.2) is 27.1 Å². The Morgan fingerprint density at radius 3 is 2.85 bits per heavy atom. The van der Waals surface area contributed by atoms with Crippen molar-refractivity contribution >= 4 is 5.91 Å². The van der Waals surface area contributed by atoms with E-state index in [1.165, 1.54) is 24.2 Å². The molecule has 0 bridgehead atoms. The van der Waals surface area contributed by atoms with Crippen LogP contribution in [0, 0.1) is 5.92 Å². The Hall–Kier alpha value is -1.58. The van der Waals surface area contributed by atoms with E-state index in [0.29, 0.717) is 11.8 Å². The Labute approximate surface area is 119 Å². The van der Waals surface area contributed by atoms with Crippen molar-refractivity contribution in [1.82, 2.24) is 14.7 Å². The van der Waals surface area contributed by atoms with Crippen molar-refractivity contribution in [3.8, 4) is 0 Å². The maximum absolute atomic E-state index is 12.6. The second kappa shape index (κ2) is 4.76. The van der Waals surface area contributed by atoms with Crippen LogP contribution >= 0.6 is 0 Å². The summed E-state index contributed by atoms with van der Waals surface area (Å²) in [6.45, 7) is 2.42. The zero-order valence-corrected chi connectivity index (χ0v) is 11.8. The van der Waals surface area contributed by atoms with Gasteiger partial charge in [0.1, 0.15) is 0 Å². The fourth-order valence-corrected chi connectivity index (χ4v) is 3.33. The van der Waals surface area contributed by atoms with Gasteiger partial charge in [-0.25, -0.2) is 0 Å². The molecule has 0 saturated heterocycles. The van der Waals surface area contributed by atoms with Crippen LogP contribution in [0.25, 0.3) is 0 Å². The maximum Gasteiger partial charge on any atom is 0.226 e. The molecule has 1 aromatic heterocycles. The number of aromatic nitrogens is 2. The second-order valence-electron chi connectivity index (χ2n) is 6.30. The molecule has 1 aliphatic heterocycles. The average Bonchev–Trinajstić information content (AvgIpc) is 3.26. The van der Waals surface area contributed by atoms with Crippen molar-refractivity contribution in [3.05, 3.63) is 29.6 Å². The van der Waals surface area contributed by atoms with Gasteiger partial charge in [0.2, 0.25) is 5.91 Å². The van der Waals surface area contributed by atoms with Crippen LogP contribution in [0.15, 0.2) is 18.2 Å². The van der Waals surface area contributed by atoms with E-state index >= 15 is 0 Å². The molecule has 0 unspecified atom stereocenters. The van der Waals surface area contributed by atoms with Crippen LogP contribution in [0.2, 0.25) is 0 Å². The third-order valence-corrected chi connectivity index (χ3v) is 4.74. The predicted molar refractivity (Wildman–Crippen MR) is 76.1 cm³/mol. The number of carbonyl (C=O) groups excluding carboxylic acids is 1. The van der Waals surface area contributed by atoms with Gasteiger partial charge in [-0.1, -0.05) is 12.2 Å². The van der Waals surface area contributed by atoms with Crippen LogP contribution in [-0.2, 0) is 17.9 Å². The number of carbonyl (C=O) groups is 1. The maximum atomic E-state index is 12.6. The number of rotatable bonds is 2. The molecule has 3 aliphatic rings. The lowest BCUT2D eigenvalue weighted by atomic mass is 9.93. The number of nitrogens with zero attached hydrogens (tertiary/aromatic N) is 3. The first kappa shape index (κ1) is 12.2. The van der Waals surface area contributed by atoms with Crippen LogP contribution in [0.3, 0.4) is 0 Å². The highest BCUT2D eigenvalue weighted by Gasteiger charge is 2.31. The van der Waals surface area contributed by atoms with Crippen LogP contribution in [0.1, 0.15) is 49.4 Å². The third-order valence-electron chi connectivity index (χ3n) is 4.74. The Bertz CT molecular complexity index is 556. The molecule has 20 heavy (non-hydrogen) atoms. The molecule has 1 amide bonds. The first-order valence-electron chi connectivity index (χ1n) is 7.81. The lowest BCUT2D eigenvalue weighted by Crippen LogP contribution is -2.41. The average molecular weight is 271 g/mol. The molecule has 1 saturated carbocycles. The Balaban J connectivity index is 1.48. The van der Waals surface area contributed by atoms with Crippen LogP contribution in [0.4, 0.5) is 0 Å². The topological polar surface area (TPSA) is 38.1 Å². The van der Waals surface area contributed by atoms with Gasteiger partial charge in [-0.2, -0.15) is 5.10 Å². The summed E-state index contributed by atoms with van der Waals surface area (Å²) in [4.78, 5) is 14.6. The summed E-state index contributed by atoms with van der Waals surface area (Å²) in [7, 11) is 0. The number of amides is 1.